The van der Waals surface area contributed by atoms with Gasteiger partial charge >= 0.3 is 0 Å². The maximum absolute atomic E-state index is 9.16. The Bertz CT molecular complexity index is 341. The van der Waals surface area contributed by atoms with E-state index in [4.69, 9.17) is 5.11 Å². The number of aromatic nitrogens is 3. The molecule has 0 bridgehead atoms. The molecule has 1 aromatic heterocycles. The molecule has 0 saturated carbocycles. The molecule has 0 aliphatic rings. The maximum atomic E-state index is 9.16. The first-order chi connectivity index (χ1) is 7.52. The molecular formula is C9H18N6O. The monoisotopic (exact) mass is 226 g/mol. The molecule has 0 aromatic carbocycles. The zero-order chi connectivity index (χ0) is 12.1. The van der Waals surface area contributed by atoms with Gasteiger partial charge in [-0.3, -0.25) is 0 Å². The lowest BCUT2D eigenvalue weighted by Crippen LogP contribution is -2.20. The number of rotatable bonds is 5. The SMILES string of the molecule is CNc1nc(NCC(C)O)nc(N(C)C)n1. The predicted molar refractivity (Wildman–Crippen MR) is 63.9 cm³/mol. The fourth-order valence-corrected chi connectivity index (χ4v) is 0.995. The standard InChI is InChI=1S/C9H18N6O/c1-6(16)5-11-8-12-7(10-2)13-9(14-8)15(3)4/h6,16H,5H2,1-4H3,(H2,10,11,12,13,14). The fourth-order valence-electron chi connectivity index (χ4n) is 0.995. The van der Waals surface area contributed by atoms with Crippen LogP contribution in [0.2, 0.25) is 0 Å². The van der Waals surface area contributed by atoms with Gasteiger partial charge in [-0.15, -0.1) is 0 Å². The normalized spacial score (nSPS) is 12.1. The van der Waals surface area contributed by atoms with Crippen LogP contribution in [0.5, 0.6) is 0 Å². The van der Waals surface area contributed by atoms with E-state index in [1.165, 1.54) is 0 Å². The smallest absolute Gasteiger partial charge is 0.231 e. The van der Waals surface area contributed by atoms with Crippen molar-refractivity contribution in [1.29, 1.82) is 0 Å². The van der Waals surface area contributed by atoms with Crippen molar-refractivity contribution in [2.45, 2.75) is 13.0 Å². The van der Waals surface area contributed by atoms with Crippen molar-refractivity contribution in [3.05, 3.63) is 0 Å². The molecule has 0 aliphatic carbocycles. The summed E-state index contributed by atoms with van der Waals surface area (Å²) in [5.41, 5.74) is 0. The van der Waals surface area contributed by atoms with Crippen molar-refractivity contribution in [3.63, 3.8) is 0 Å². The third-order valence-electron chi connectivity index (χ3n) is 1.80. The van der Waals surface area contributed by atoms with E-state index >= 15 is 0 Å². The third-order valence-corrected chi connectivity index (χ3v) is 1.80. The minimum Gasteiger partial charge on any atom is -0.392 e. The molecule has 0 radical (unpaired) electrons. The molecule has 7 nitrogen and oxygen atoms in total. The van der Waals surface area contributed by atoms with Gasteiger partial charge in [-0.25, -0.2) is 0 Å². The molecule has 0 amide bonds. The average Bonchev–Trinajstić information content (AvgIpc) is 2.25. The summed E-state index contributed by atoms with van der Waals surface area (Å²) in [6, 6.07) is 0. The molecule has 0 saturated heterocycles. The molecule has 1 unspecified atom stereocenters. The molecule has 0 aliphatic heterocycles. The van der Waals surface area contributed by atoms with Gasteiger partial charge in [0.2, 0.25) is 17.8 Å². The summed E-state index contributed by atoms with van der Waals surface area (Å²) >= 11 is 0. The van der Waals surface area contributed by atoms with Gasteiger partial charge in [-0.1, -0.05) is 0 Å². The topological polar surface area (TPSA) is 86.2 Å². The van der Waals surface area contributed by atoms with Gasteiger partial charge in [-0.2, -0.15) is 15.0 Å². The van der Waals surface area contributed by atoms with Crippen LogP contribution in [0.15, 0.2) is 0 Å². The maximum Gasteiger partial charge on any atom is 0.231 e. The van der Waals surface area contributed by atoms with Gasteiger partial charge in [0, 0.05) is 27.7 Å². The summed E-state index contributed by atoms with van der Waals surface area (Å²) in [7, 11) is 5.45. The van der Waals surface area contributed by atoms with Crippen LogP contribution in [0.4, 0.5) is 17.8 Å². The lowest BCUT2D eigenvalue weighted by molar-refractivity contribution is 0.208. The second kappa shape index (κ2) is 5.45. The Balaban J connectivity index is 2.86. The van der Waals surface area contributed by atoms with E-state index < -0.39 is 6.10 Å². The molecule has 1 aromatic rings. The highest BCUT2D eigenvalue weighted by Crippen LogP contribution is 2.10. The predicted octanol–water partition coefficient (Wildman–Crippen LogP) is -0.228. The Morgan fingerprint density at radius 3 is 2.38 bits per heavy atom. The van der Waals surface area contributed by atoms with Crippen LogP contribution in [0.1, 0.15) is 6.92 Å². The molecule has 16 heavy (non-hydrogen) atoms. The highest BCUT2D eigenvalue weighted by atomic mass is 16.3. The number of hydrogen-bond acceptors (Lipinski definition) is 7. The third kappa shape index (κ3) is 3.50. The number of anilines is 3. The van der Waals surface area contributed by atoms with Crippen LogP contribution in [-0.4, -0.2) is 53.9 Å². The van der Waals surface area contributed by atoms with E-state index in [-0.39, 0.29) is 0 Å². The van der Waals surface area contributed by atoms with E-state index in [0.717, 1.165) is 0 Å². The second-order valence-corrected chi connectivity index (χ2v) is 3.66. The van der Waals surface area contributed by atoms with Crippen LogP contribution in [0.25, 0.3) is 0 Å². The Morgan fingerprint density at radius 1 is 1.25 bits per heavy atom. The van der Waals surface area contributed by atoms with Gasteiger partial charge < -0.3 is 20.6 Å². The average molecular weight is 226 g/mol. The first-order valence-corrected chi connectivity index (χ1v) is 5.06. The summed E-state index contributed by atoms with van der Waals surface area (Å²) in [6.07, 6.45) is -0.447. The van der Waals surface area contributed by atoms with E-state index in [1.54, 1.807) is 18.9 Å². The van der Waals surface area contributed by atoms with Gasteiger partial charge in [-0.05, 0) is 6.92 Å². The van der Waals surface area contributed by atoms with Crippen molar-refractivity contribution < 1.29 is 5.11 Å². The van der Waals surface area contributed by atoms with E-state index in [0.29, 0.717) is 24.4 Å². The van der Waals surface area contributed by atoms with Crippen LogP contribution in [0, 0.1) is 0 Å². The summed E-state index contributed by atoms with van der Waals surface area (Å²) in [6.45, 7) is 2.10. The molecule has 90 valence electrons. The summed E-state index contributed by atoms with van der Waals surface area (Å²) < 4.78 is 0. The molecule has 0 fully saturated rings. The largest absolute Gasteiger partial charge is 0.392 e. The quantitative estimate of drug-likeness (QED) is 0.639. The van der Waals surface area contributed by atoms with Crippen LogP contribution < -0.4 is 15.5 Å². The van der Waals surface area contributed by atoms with Crippen molar-refractivity contribution >= 4 is 17.8 Å². The van der Waals surface area contributed by atoms with Crippen molar-refractivity contribution in [2.24, 2.45) is 0 Å². The fraction of sp³-hybridized carbons (Fsp3) is 0.667. The van der Waals surface area contributed by atoms with E-state index in [9.17, 15) is 0 Å². The summed E-state index contributed by atoms with van der Waals surface area (Å²) in [5.74, 6) is 1.50. The first-order valence-electron chi connectivity index (χ1n) is 5.06. The van der Waals surface area contributed by atoms with Crippen molar-refractivity contribution in [1.82, 2.24) is 15.0 Å². The van der Waals surface area contributed by atoms with Crippen molar-refractivity contribution in [2.75, 3.05) is 43.2 Å². The second-order valence-electron chi connectivity index (χ2n) is 3.66. The lowest BCUT2D eigenvalue weighted by Gasteiger charge is -2.13. The molecule has 0 spiro atoms. The first kappa shape index (κ1) is 12.4. The van der Waals surface area contributed by atoms with E-state index in [2.05, 4.69) is 25.6 Å². The summed E-state index contributed by atoms with van der Waals surface area (Å²) in [5, 5.41) is 15.0. The van der Waals surface area contributed by atoms with Gasteiger partial charge in [0.25, 0.3) is 0 Å². The lowest BCUT2D eigenvalue weighted by atomic mass is 10.4. The highest BCUT2D eigenvalue weighted by Gasteiger charge is 2.07. The highest BCUT2D eigenvalue weighted by molar-refractivity contribution is 5.42. The number of aliphatic hydroxyl groups excluding tert-OH is 1. The Labute approximate surface area is 94.9 Å². The number of nitrogens with one attached hydrogen (secondary N) is 2. The van der Waals surface area contributed by atoms with Gasteiger partial charge in [0.1, 0.15) is 0 Å². The van der Waals surface area contributed by atoms with Crippen LogP contribution >= 0.6 is 0 Å². The van der Waals surface area contributed by atoms with Crippen molar-refractivity contribution in [3.8, 4) is 0 Å². The zero-order valence-electron chi connectivity index (χ0n) is 10.0. The number of aliphatic hydroxyl groups is 1. The summed E-state index contributed by atoms with van der Waals surface area (Å²) in [4.78, 5) is 14.3. The molecule has 7 heteroatoms. The van der Waals surface area contributed by atoms with Crippen LogP contribution in [-0.2, 0) is 0 Å². The molecule has 3 N–H and O–H groups in total. The molecule has 1 heterocycles. The molecule has 1 atom stereocenters. The Hall–Kier alpha value is -1.63. The van der Waals surface area contributed by atoms with Crippen LogP contribution in [0.3, 0.4) is 0 Å². The molecular weight excluding hydrogens is 208 g/mol. The Kier molecular flexibility index (Phi) is 4.24. The van der Waals surface area contributed by atoms with Gasteiger partial charge in [0.15, 0.2) is 0 Å². The molecule has 1 rings (SSSR count). The number of nitrogens with zero attached hydrogens (tertiary/aromatic N) is 4. The minimum absolute atomic E-state index is 0.403. The Morgan fingerprint density at radius 2 is 1.88 bits per heavy atom. The van der Waals surface area contributed by atoms with Gasteiger partial charge in [0.05, 0.1) is 6.10 Å². The number of hydrogen-bond donors (Lipinski definition) is 3. The zero-order valence-corrected chi connectivity index (χ0v) is 10.0. The van der Waals surface area contributed by atoms with E-state index in [1.807, 2.05) is 14.1 Å². The minimum atomic E-state index is -0.447.